The Morgan fingerprint density at radius 1 is 0.368 bits per heavy atom. The molecule has 12 aromatic rings. The summed E-state index contributed by atoms with van der Waals surface area (Å²) in [5, 5.41) is 2.04. The molecule has 3 aliphatic rings. The van der Waals surface area contributed by atoms with Crippen molar-refractivity contribution in [2.24, 2.45) is 11.8 Å². The van der Waals surface area contributed by atoms with Crippen molar-refractivity contribution in [2.75, 3.05) is 0 Å². The van der Waals surface area contributed by atoms with E-state index < -0.39 is 0 Å². The fourth-order valence-corrected chi connectivity index (χ4v) is 13.4. The summed E-state index contributed by atoms with van der Waals surface area (Å²) in [5.41, 5.74) is 24.9. The molecule has 5 aromatic heterocycles. The molecule has 4 unspecified atom stereocenters. The molecule has 4 atom stereocenters. The van der Waals surface area contributed by atoms with Crippen LogP contribution in [-0.2, 0) is 0 Å². The quantitative estimate of drug-likeness (QED) is 0.144. The van der Waals surface area contributed by atoms with E-state index in [0.29, 0.717) is 11.6 Å². The van der Waals surface area contributed by atoms with Gasteiger partial charge in [0.25, 0.3) is 0 Å². The van der Waals surface area contributed by atoms with Crippen LogP contribution in [0.3, 0.4) is 0 Å². The second-order valence-corrected chi connectivity index (χ2v) is 21.4. The summed E-state index contributed by atoms with van der Waals surface area (Å²) >= 11 is 0. The highest BCUT2D eigenvalue weighted by molar-refractivity contribution is 6.08. The van der Waals surface area contributed by atoms with Gasteiger partial charge in [-0.2, -0.15) is 0 Å². The lowest BCUT2D eigenvalue weighted by Crippen LogP contribution is -2.22. The minimum atomic E-state index is 0.644. The maximum Gasteiger partial charge on any atom is 0.227 e. The zero-order valence-electron chi connectivity index (χ0n) is 42.2. The Morgan fingerprint density at radius 3 is 1.47 bits per heavy atom. The Kier molecular flexibility index (Phi) is 10.6. The SMILES string of the molecule is Cc1ccc2c(n1)oc1c(-c3ccc(-c4ccccc4-c4cc(-c5ccccc5-c5ccc(-c6ccccc6)nc5)cc(-c5ccccc5-c5ccc(-c6ccc7c(c6)C6CC8CC(C6)C7C8)nc5)c4)cn3)cccc12. The van der Waals surface area contributed by atoms with Crippen LogP contribution in [-0.4, -0.2) is 19.9 Å². The monoisotopic (exact) mass is 976 g/mol. The molecule has 15 rings (SSSR count). The van der Waals surface area contributed by atoms with Crippen molar-refractivity contribution in [3.63, 3.8) is 0 Å². The van der Waals surface area contributed by atoms with Gasteiger partial charge in [-0.25, -0.2) is 4.98 Å². The van der Waals surface area contributed by atoms with Crippen LogP contribution in [0.1, 0.15) is 54.3 Å². The van der Waals surface area contributed by atoms with E-state index in [9.17, 15) is 0 Å². The van der Waals surface area contributed by atoms with E-state index in [1.54, 1.807) is 11.1 Å². The third kappa shape index (κ3) is 7.68. The van der Waals surface area contributed by atoms with Crippen molar-refractivity contribution in [3.05, 3.63) is 242 Å². The van der Waals surface area contributed by atoms with Crippen LogP contribution < -0.4 is 0 Å². The lowest BCUT2D eigenvalue weighted by atomic mass is 9.68. The van der Waals surface area contributed by atoms with Gasteiger partial charge in [-0.05, 0) is 178 Å². The molecule has 76 heavy (non-hydrogen) atoms. The third-order valence-electron chi connectivity index (χ3n) is 16.9. The van der Waals surface area contributed by atoms with Gasteiger partial charge in [-0.3, -0.25) is 15.0 Å². The van der Waals surface area contributed by atoms with Crippen LogP contribution >= 0.6 is 0 Å². The molecule has 5 heteroatoms. The molecule has 0 radical (unpaired) electrons. The van der Waals surface area contributed by atoms with E-state index >= 15 is 0 Å². The highest BCUT2D eigenvalue weighted by Crippen LogP contribution is 2.60. The molecule has 7 aromatic carbocycles. The van der Waals surface area contributed by atoms with Crippen molar-refractivity contribution in [1.82, 2.24) is 19.9 Å². The molecular weight excluding hydrogens is 925 g/mol. The summed E-state index contributed by atoms with van der Waals surface area (Å²) in [5.74, 6) is 3.26. The van der Waals surface area contributed by atoms with Crippen LogP contribution in [0.5, 0.6) is 0 Å². The predicted octanol–water partition coefficient (Wildman–Crippen LogP) is 18.5. The van der Waals surface area contributed by atoms with Crippen LogP contribution in [0, 0.1) is 18.8 Å². The Bertz CT molecular complexity index is 4200. The molecule has 0 saturated heterocycles. The van der Waals surface area contributed by atoms with E-state index in [2.05, 4.69) is 205 Å². The molecule has 5 heterocycles. The van der Waals surface area contributed by atoms with E-state index in [0.717, 1.165) is 135 Å². The van der Waals surface area contributed by atoms with Crippen LogP contribution in [0.25, 0.3) is 123 Å². The van der Waals surface area contributed by atoms with Gasteiger partial charge >= 0.3 is 0 Å². The van der Waals surface area contributed by atoms with E-state index in [1.807, 2.05) is 31.5 Å². The van der Waals surface area contributed by atoms with Gasteiger partial charge in [0.2, 0.25) is 5.71 Å². The standard InChI is InChI=1S/C71H52N4O/c1-43-22-27-63-62-20-11-21-64(70(62)76-71(63)75-43)69-31-26-49(42-74-69)57-16-7-10-19-60(57)54-37-52(58-17-8-5-14-55(58)47-24-29-67(72-40-47)45-12-3-2-4-13-45)36-53(38-54)59-18-9-6-15-56(59)48-25-30-68(73-41-48)46-23-28-61-65-34-44-32-50(65)35-51(33-44)66(61)39-46/h2-31,36-42,44,50-51,65H,32-35H2,1H3. The van der Waals surface area contributed by atoms with Gasteiger partial charge in [0, 0.05) is 68.4 Å². The topological polar surface area (TPSA) is 64.7 Å². The molecule has 0 aliphatic heterocycles. The molecule has 0 N–H and O–H groups in total. The van der Waals surface area contributed by atoms with Gasteiger partial charge in [0.15, 0.2) is 0 Å². The van der Waals surface area contributed by atoms with Gasteiger partial charge in [-0.1, -0.05) is 146 Å². The molecule has 3 bridgehead atoms. The molecule has 3 aliphatic carbocycles. The molecular formula is C71H52N4O. The van der Waals surface area contributed by atoms with E-state index in [4.69, 9.17) is 19.4 Å². The first kappa shape index (κ1) is 44.4. The number of benzene rings is 7. The minimum absolute atomic E-state index is 0.644. The average Bonchev–Trinajstić information content (AvgIpc) is 3.99. The van der Waals surface area contributed by atoms with E-state index in [1.165, 1.54) is 31.2 Å². The number of aromatic nitrogens is 4. The number of fused-ring (bicyclic) bond motifs is 8. The second-order valence-electron chi connectivity index (χ2n) is 21.4. The Morgan fingerprint density at radius 2 is 0.895 bits per heavy atom. The van der Waals surface area contributed by atoms with Gasteiger partial charge in [0.1, 0.15) is 5.58 Å². The van der Waals surface area contributed by atoms with Crippen molar-refractivity contribution >= 4 is 22.1 Å². The predicted molar refractivity (Wildman–Crippen MR) is 309 cm³/mol. The lowest BCUT2D eigenvalue weighted by Gasteiger charge is -2.36. The number of pyridine rings is 4. The summed E-state index contributed by atoms with van der Waals surface area (Å²) in [7, 11) is 0. The Balaban J connectivity index is 0.831. The zero-order valence-corrected chi connectivity index (χ0v) is 42.2. The van der Waals surface area contributed by atoms with Gasteiger partial charge in [0.05, 0.1) is 17.1 Å². The van der Waals surface area contributed by atoms with Crippen LogP contribution in [0.2, 0.25) is 0 Å². The highest BCUT2D eigenvalue weighted by Gasteiger charge is 2.47. The Hall–Kier alpha value is -9.06. The summed E-state index contributed by atoms with van der Waals surface area (Å²) < 4.78 is 6.40. The third-order valence-corrected chi connectivity index (χ3v) is 16.9. The highest BCUT2D eigenvalue weighted by atomic mass is 16.3. The number of furan rings is 1. The maximum absolute atomic E-state index is 6.40. The number of rotatable bonds is 9. The normalized spacial score (nSPS) is 17.3. The molecule has 0 amide bonds. The van der Waals surface area contributed by atoms with Crippen LogP contribution in [0.15, 0.2) is 229 Å². The van der Waals surface area contributed by atoms with Gasteiger partial charge < -0.3 is 4.42 Å². The Labute approximate surface area is 442 Å². The molecule has 5 nitrogen and oxygen atoms in total. The first-order chi connectivity index (χ1) is 37.5. The smallest absolute Gasteiger partial charge is 0.227 e. The largest absolute Gasteiger partial charge is 0.437 e. The van der Waals surface area contributed by atoms with Gasteiger partial charge in [-0.15, -0.1) is 0 Å². The fraction of sp³-hybridized carbons (Fsp3) is 0.127. The average molecular weight is 977 g/mol. The maximum atomic E-state index is 6.40. The summed E-state index contributed by atoms with van der Waals surface area (Å²) in [4.78, 5) is 20.0. The fourth-order valence-electron chi connectivity index (χ4n) is 13.4. The van der Waals surface area contributed by atoms with Crippen LogP contribution in [0.4, 0.5) is 0 Å². The number of nitrogens with zero attached hydrogens (tertiary/aromatic N) is 4. The summed E-state index contributed by atoms with van der Waals surface area (Å²) in [6.07, 6.45) is 11.6. The first-order valence-corrected chi connectivity index (χ1v) is 26.8. The molecule has 0 spiro atoms. The number of para-hydroxylation sites is 1. The van der Waals surface area contributed by atoms with Crippen molar-refractivity contribution in [2.45, 2.75) is 44.4 Å². The van der Waals surface area contributed by atoms with E-state index in [-0.39, 0.29) is 0 Å². The minimum Gasteiger partial charge on any atom is -0.437 e. The zero-order chi connectivity index (χ0) is 50.3. The number of aryl methyl sites for hydroxylation is 1. The molecule has 2 saturated carbocycles. The number of hydrogen-bond acceptors (Lipinski definition) is 5. The number of hydrogen-bond donors (Lipinski definition) is 0. The molecule has 362 valence electrons. The summed E-state index contributed by atoms with van der Waals surface area (Å²) in [6, 6.07) is 74.3. The first-order valence-electron chi connectivity index (χ1n) is 26.8. The lowest BCUT2D eigenvalue weighted by molar-refractivity contribution is 0.296. The second kappa shape index (κ2) is 18.1. The van der Waals surface area contributed by atoms with Crippen molar-refractivity contribution < 1.29 is 4.42 Å². The molecule has 2 fully saturated rings. The summed E-state index contributed by atoms with van der Waals surface area (Å²) in [6.45, 7) is 1.99. The van der Waals surface area contributed by atoms with Crippen molar-refractivity contribution in [1.29, 1.82) is 0 Å². The van der Waals surface area contributed by atoms with Crippen molar-refractivity contribution in [3.8, 4) is 101 Å².